The van der Waals surface area contributed by atoms with E-state index in [0.29, 0.717) is 5.75 Å². The molecule has 0 unspecified atom stereocenters. The van der Waals surface area contributed by atoms with Crippen LogP contribution in [0.5, 0.6) is 5.75 Å². The highest BCUT2D eigenvalue weighted by atomic mass is 32.2. The van der Waals surface area contributed by atoms with E-state index in [1.807, 2.05) is 18.2 Å². The number of carboxylic acid groups (broad SMARTS) is 1. The van der Waals surface area contributed by atoms with Gasteiger partial charge >= 0.3 is 5.97 Å². The van der Waals surface area contributed by atoms with E-state index >= 15 is 0 Å². The molecule has 0 aliphatic carbocycles. The van der Waals surface area contributed by atoms with E-state index < -0.39 is 26.8 Å². The van der Waals surface area contributed by atoms with Gasteiger partial charge in [-0.05, 0) is 24.3 Å². The molecule has 29 heavy (non-hydrogen) atoms. The van der Waals surface area contributed by atoms with Crippen molar-refractivity contribution in [1.82, 2.24) is 9.21 Å². The normalized spacial score (nSPS) is 15.6. The average Bonchev–Trinajstić information content (AvgIpc) is 3.24. The standard InChI is InChI=1S/C19H20N2O7S/c1-27-15-5-3-2-4-14(15)6-8-17(22)20-10-12-21(13-11-20)29(25,26)18-9-7-16(28-18)19(23)24/h2-9H,10-13H2,1H3,(H,23,24)/b8-6+. The molecule has 1 amide bonds. The minimum absolute atomic E-state index is 0.0830. The van der Waals surface area contributed by atoms with Gasteiger partial charge in [-0.25, -0.2) is 13.2 Å². The lowest BCUT2D eigenvalue weighted by Gasteiger charge is -2.32. The number of nitrogens with zero attached hydrogens (tertiary/aromatic N) is 2. The summed E-state index contributed by atoms with van der Waals surface area (Å²) in [5.41, 5.74) is 0.761. The molecule has 2 aromatic rings. The fourth-order valence-electron chi connectivity index (χ4n) is 2.92. The molecule has 1 aromatic carbocycles. The van der Waals surface area contributed by atoms with Crippen LogP contribution in [0, 0.1) is 0 Å². The number of hydrogen-bond acceptors (Lipinski definition) is 6. The zero-order valence-electron chi connectivity index (χ0n) is 15.6. The van der Waals surface area contributed by atoms with Crippen LogP contribution in [0.25, 0.3) is 6.08 Å². The van der Waals surface area contributed by atoms with E-state index in [1.165, 1.54) is 10.4 Å². The number of carbonyl (C=O) groups is 2. The maximum absolute atomic E-state index is 12.6. The van der Waals surface area contributed by atoms with Crippen LogP contribution < -0.4 is 4.74 Å². The molecule has 9 nitrogen and oxygen atoms in total. The Bertz CT molecular complexity index is 1030. The second kappa shape index (κ2) is 8.50. The molecule has 154 valence electrons. The van der Waals surface area contributed by atoms with Crippen LogP contribution in [-0.2, 0) is 14.8 Å². The fourth-order valence-corrected chi connectivity index (χ4v) is 4.25. The number of hydrogen-bond donors (Lipinski definition) is 1. The van der Waals surface area contributed by atoms with E-state index in [1.54, 1.807) is 24.2 Å². The number of carboxylic acids is 1. The zero-order chi connectivity index (χ0) is 21.0. The van der Waals surface area contributed by atoms with Crippen molar-refractivity contribution in [3.05, 3.63) is 53.8 Å². The van der Waals surface area contributed by atoms with E-state index in [9.17, 15) is 18.0 Å². The molecule has 10 heteroatoms. The SMILES string of the molecule is COc1ccccc1/C=C/C(=O)N1CCN(S(=O)(=O)c2ccc(C(=O)O)o2)CC1. The van der Waals surface area contributed by atoms with Crippen LogP contribution in [0.3, 0.4) is 0 Å². The highest BCUT2D eigenvalue weighted by Crippen LogP contribution is 2.21. The van der Waals surface area contributed by atoms with Gasteiger partial charge < -0.3 is 19.2 Å². The maximum Gasteiger partial charge on any atom is 0.371 e. The summed E-state index contributed by atoms with van der Waals surface area (Å²) in [5.74, 6) is -1.38. The molecule has 1 N–H and O–H groups in total. The molecule has 1 saturated heterocycles. The van der Waals surface area contributed by atoms with Crippen molar-refractivity contribution in [3.8, 4) is 5.75 Å². The average molecular weight is 420 g/mol. The Kier molecular flexibility index (Phi) is 6.04. The van der Waals surface area contributed by atoms with Crippen molar-refractivity contribution >= 4 is 28.0 Å². The van der Waals surface area contributed by atoms with Gasteiger partial charge in [-0.2, -0.15) is 4.31 Å². The number of sulfonamides is 1. The number of carbonyl (C=O) groups excluding carboxylic acids is 1. The van der Waals surface area contributed by atoms with E-state index in [0.717, 1.165) is 17.7 Å². The number of ether oxygens (including phenoxy) is 1. The third-order valence-corrected chi connectivity index (χ3v) is 6.25. The first kappa shape index (κ1) is 20.6. The molecular weight excluding hydrogens is 400 g/mol. The topological polar surface area (TPSA) is 117 Å². The first-order valence-corrected chi connectivity index (χ1v) is 10.2. The van der Waals surface area contributed by atoms with Crippen molar-refractivity contribution in [3.63, 3.8) is 0 Å². The molecular formula is C19H20N2O7S. The van der Waals surface area contributed by atoms with Gasteiger partial charge in [0.25, 0.3) is 10.0 Å². The van der Waals surface area contributed by atoms with Crippen LogP contribution in [-0.4, -0.2) is 67.9 Å². The van der Waals surface area contributed by atoms with Gasteiger partial charge in [0, 0.05) is 37.8 Å². The first-order valence-electron chi connectivity index (χ1n) is 8.76. The molecule has 0 saturated carbocycles. The summed E-state index contributed by atoms with van der Waals surface area (Å²) in [6, 6.07) is 9.49. The Hall–Kier alpha value is -3.11. The smallest absolute Gasteiger partial charge is 0.371 e. The number of para-hydroxylation sites is 1. The van der Waals surface area contributed by atoms with Crippen molar-refractivity contribution < 1.29 is 32.3 Å². The van der Waals surface area contributed by atoms with Gasteiger partial charge in [0.15, 0.2) is 0 Å². The summed E-state index contributed by atoms with van der Waals surface area (Å²) in [7, 11) is -2.41. The van der Waals surface area contributed by atoms with Crippen LogP contribution in [0.4, 0.5) is 0 Å². The Morgan fingerprint density at radius 1 is 1.10 bits per heavy atom. The zero-order valence-corrected chi connectivity index (χ0v) is 16.5. The second-order valence-electron chi connectivity index (χ2n) is 6.23. The summed E-state index contributed by atoms with van der Waals surface area (Å²) in [6.45, 7) is 0.584. The van der Waals surface area contributed by atoms with E-state index in [4.69, 9.17) is 14.3 Å². The molecule has 0 radical (unpaired) electrons. The monoisotopic (exact) mass is 420 g/mol. The predicted octanol–water partition coefficient (Wildman–Crippen LogP) is 1.53. The van der Waals surface area contributed by atoms with Gasteiger partial charge in [-0.15, -0.1) is 0 Å². The number of methoxy groups -OCH3 is 1. The lowest BCUT2D eigenvalue weighted by atomic mass is 10.2. The molecule has 1 fully saturated rings. The highest BCUT2D eigenvalue weighted by molar-refractivity contribution is 7.89. The minimum Gasteiger partial charge on any atom is -0.496 e. The Morgan fingerprint density at radius 3 is 2.41 bits per heavy atom. The van der Waals surface area contributed by atoms with Gasteiger partial charge in [0.05, 0.1) is 7.11 Å². The fraction of sp³-hybridized carbons (Fsp3) is 0.263. The molecule has 1 aliphatic heterocycles. The minimum atomic E-state index is -3.96. The van der Waals surface area contributed by atoms with Gasteiger partial charge in [0.2, 0.25) is 16.8 Å². The molecule has 0 atom stereocenters. The van der Waals surface area contributed by atoms with Crippen LogP contribution >= 0.6 is 0 Å². The van der Waals surface area contributed by atoms with Gasteiger partial charge in [-0.1, -0.05) is 18.2 Å². The number of amides is 1. The first-order chi connectivity index (χ1) is 13.8. The highest BCUT2D eigenvalue weighted by Gasteiger charge is 2.32. The maximum atomic E-state index is 12.6. The summed E-state index contributed by atoms with van der Waals surface area (Å²) >= 11 is 0. The molecule has 0 bridgehead atoms. The van der Waals surface area contributed by atoms with Crippen molar-refractivity contribution in [2.75, 3.05) is 33.3 Å². The van der Waals surface area contributed by atoms with E-state index in [-0.39, 0.29) is 32.1 Å². The number of benzene rings is 1. The van der Waals surface area contributed by atoms with Crippen LogP contribution in [0.15, 0.2) is 52.0 Å². The molecule has 1 aromatic heterocycles. The molecule has 3 rings (SSSR count). The lowest BCUT2D eigenvalue weighted by Crippen LogP contribution is -2.50. The molecule has 1 aliphatic rings. The van der Waals surface area contributed by atoms with Crippen LogP contribution in [0.2, 0.25) is 0 Å². The number of rotatable bonds is 6. The number of aromatic carboxylic acids is 1. The van der Waals surface area contributed by atoms with Gasteiger partial charge in [0.1, 0.15) is 5.75 Å². The van der Waals surface area contributed by atoms with Crippen LogP contribution in [0.1, 0.15) is 16.1 Å². The summed E-state index contributed by atoms with van der Waals surface area (Å²) in [5, 5.41) is 8.45. The second-order valence-corrected chi connectivity index (χ2v) is 8.10. The van der Waals surface area contributed by atoms with Crippen molar-refractivity contribution in [2.24, 2.45) is 0 Å². The summed E-state index contributed by atoms with van der Waals surface area (Å²) in [4.78, 5) is 24.8. The van der Waals surface area contributed by atoms with Crippen molar-refractivity contribution in [2.45, 2.75) is 5.09 Å². The summed E-state index contributed by atoms with van der Waals surface area (Å²) < 4.78 is 36.5. The van der Waals surface area contributed by atoms with Crippen molar-refractivity contribution in [1.29, 1.82) is 0 Å². The third kappa shape index (κ3) is 4.49. The Balaban J connectivity index is 1.63. The Morgan fingerprint density at radius 2 is 1.79 bits per heavy atom. The lowest BCUT2D eigenvalue weighted by molar-refractivity contribution is -0.127. The number of furan rings is 1. The van der Waals surface area contributed by atoms with E-state index in [2.05, 4.69) is 0 Å². The number of piperazine rings is 1. The Labute approximate surface area is 167 Å². The largest absolute Gasteiger partial charge is 0.496 e. The molecule has 0 spiro atoms. The third-order valence-electron chi connectivity index (χ3n) is 4.48. The summed E-state index contributed by atoms with van der Waals surface area (Å²) in [6.07, 6.45) is 3.08. The molecule has 2 heterocycles. The quantitative estimate of drug-likeness (QED) is 0.704. The van der Waals surface area contributed by atoms with Gasteiger partial charge in [-0.3, -0.25) is 4.79 Å². The predicted molar refractivity (Wildman–Crippen MR) is 103 cm³/mol.